The Bertz CT molecular complexity index is 651. The van der Waals surface area contributed by atoms with Crippen molar-refractivity contribution in [1.29, 1.82) is 0 Å². The first-order chi connectivity index (χ1) is 12.3. The van der Waals surface area contributed by atoms with Crippen molar-refractivity contribution in [3.63, 3.8) is 0 Å². The minimum atomic E-state index is -1.67. The summed E-state index contributed by atoms with van der Waals surface area (Å²) in [5.41, 5.74) is 1.16. The Kier molecular flexibility index (Phi) is 5.80. The first-order valence-corrected chi connectivity index (χ1v) is 12.6. The van der Waals surface area contributed by atoms with Crippen LogP contribution in [0.1, 0.15) is 39.2 Å². The van der Waals surface area contributed by atoms with Crippen molar-refractivity contribution in [2.45, 2.75) is 57.8 Å². The number of fused-ring (bicyclic) bond motifs is 1. The molecule has 1 unspecified atom stereocenters. The number of benzene rings is 1. The van der Waals surface area contributed by atoms with Crippen LogP contribution in [0.15, 0.2) is 24.3 Å². The van der Waals surface area contributed by atoms with Gasteiger partial charge in [0.05, 0.1) is 0 Å². The zero-order chi connectivity index (χ0) is 18.8. The van der Waals surface area contributed by atoms with Crippen molar-refractivity contribution in [2.75, 3.05) is 26.5 Å². The second kappa shape index (κ2) is 7.75. The fourth-order valence-electron chi connectivity index (χ4n) is 3.19. The van der Waals surface area contributed by atoms with E-state index in [0.29, 0.717) is 12.8 Å². The predicted molar refractivity (Wildman–Crippen MR) is 109 cm³/mol. The summed E-state index contributed by atoms with van der Waals surface area (Å²) in [6, 6.07) is 6.64. The van der Waals surface area contributed by atoms with Crippen LogP contribution in [0.2, 0.25) is 18.1 Å². The normalized spacial score (nSPS) is 21.0. The van der Waals surface area contributed by atoms with Crippen molar-refractivity contribution in [3.05, 3.63) is 29.8 Å². The molecule has 1 atom stereocenters. The number of ether oxygens (including phenoxy) is 2. The van der Waals surface area contributed by atoms with Gasteiger partial charge in [0.2, 0.25) is 6.79 Å². The number of nitrogens with zero attached hydrogens (tertiary/aromatic N) is 1. The van der Waals surface area contributed by atoms with E-state index in [2.05, 4.69) is 57.0 Å². The molecule has 4 nitrogen and oxygen atoms in total. The van der Waals surface area contributed by atoms with E-state index in [0.717, 1.165) is 36.8 Å². The van der Waals surface area contributed by atoms with Crippen LogP contribution < -0.4 is 9.47 Å². The molecule has 144 valence electrons. The molecular formula is C21H33NO3Si. The van der Waals surface area contributed by atoms with Gasteiger partial charge >= 0.3 is 0 Å². The van der Waals surface area contributed by atoms with Gasteiger partial charge in [-0.2, -0.15) is 0 Å². The van der Waals surface area contributed by atoms with E-state index in [1.807, 2.05) is 12.1 Å². The Hall–Kier alpha value is -1.30. The van der Waals surface area contributed by atoms with E-state index in [9.17, 15) is 0 Å². The molecule has 0 saturated carbocycles. The molecule has 0 bridgehead atoms. The Morgan fingerprint density at radius 3 is 2.77 bits per heavy atom. The molecule has 0 radical (unpaired) electrons. The van der Waals surface area contributed by atoms with Crippen LogP contribution in [-0.4, -0.2) is 45.7 Å². The van der Waals surface area contributed by atoms with Gasteiger partial charge in [0.1, 0.15) is 0 Å². The van der Waals surface area contributed by atoms with Crippen LogP contribution in [0.5, 0.6) is 11.5 Å². The summed E-state index contributed by atoms with van der Waals surface area (Å²) < 4.78 is 17.3. The third-order valence-corrected chi connectivity index (χ3v) is 10.5. The first-order valence-electron chi connectivity index (χ1n) is 9.70. The molecular weight excluding hydrogens is 342 g/mol. The lowest BCUT2D eigenvalue weighted by Gasteiger charge is -2.38. The summed E-state index contributed by atoms with van der Waals surface area (Å²) >= 11 is 0. The highest BCUT2D eigenvalue weighted by atomic mass is 28.4. The van der Waals surface area contributed by atoms with Gasteiger partial charge in [-0.25, -0.2) is 0 Å². The second-order valence-corrected chi connectivity index (χ2v) is 13.7. The van der Waals surface area contributed by atoms with Crippen molar-refractivity contribution in [3.8, 4) is 11.5 Å². The number of likely N-dealkylation sites (tertiary alicyclic amines) is 1. The van der Waals surface area contributed by atoms with Crippen LogP contribution in [0.4, 0.5) is 0 Å². The summed E-state index contributed by atoms with van der Waals surface area (Å²) in [6.45, 7) is 14.9. The fraction of sp³-hybridized carbons (Fsp3) is 0.619. The summed E-state index contributed by atoms with van der Waals surface area (Å²) in [5, 5.41) is 0.274. The summed E-state index contributed by atoms with van der Waals surface area (Å²) in [7, 11) is -1.67. The molecule has 0 spiro atoms. The molecule has 0 aromatic heterocycles. The molecule has 1 aromatic carbocycles. The third kappa shape index (κ3) is 4.51. The van der Waals surface area contributed by atoms with Gasteiger partial charge in [-0.1, -0.05) is 39.0 Å². The van der Waals surface area contributed by atoms with Crippen LogP contribution >= 0.6 is 0 Å². The standard InChI is InChI=1S/C21H33NO3Si/c1-21(2,3)26(4,5)25-15-18-9-7-13-22(18)12-6-8-17-10-11-19-20(14-17)24-16-23-19/h6,8,10-11,14,18H,7,9,12-13,15-16H2,1-5H3/b8-6+. The molecule has 1 saturated heterocycles. The smallest absolute Gasteiger partial charge is 0.231 e. The van der Waals surface area contributed by atoms with E-state index in [1.54, 1.807) is 0 Å². The van der Waals surface area contributed by atoms with Gasteiger partial charge in [-0.15, -0.1) is 0 Å². The second-order valence-electron chi connectivity index (χ2n) is 8.88. The average molecular weight is 376 g/mol. The Morgan fingerprint density at radius 2 is 2.00 bits per heavy atom. The topological polar surface area (TPSA) is 30.9 Å². The minimum absolute atomic E-state index is 0.274. The van der Waals surface area contributed by atoms with Gasteiger partial charge < -0.3 is 13.9 Å². The number of hydrogen-bond donors (Lipinski definition) is 0. The molecule has 26 heavy (non-hydrogen) atoms. The van der Waals surface area contributed by atoms with Crippen molar-refractivity contribution in [1.82, 2.24) is 4.90 Å². The maximum absolute atomic E-state index is 6.47. The molecule has 5 heteroatoms. The molecule has 2 heterocycles. The Labute approximate surface area is 159 Å². The van der Waals surface area contributed by atoms with Gasteiger partial charge in [0.25, 0.3) is 0 Å². The van der Waals surface area contributed by atoms with E-state index < -0.39 is 8.32 Å². The van der Waals surface area contributed by atoms with Crippen LogP contribution in [-0.2, 0) is 4.43 Å². The van der Waals surface area contributed by atoms with E-state index in [4.69, 9.17) is 13.9 Å². The molecule has 0 amide bonds. The third-order valence-electron chi connectivity index (χ3n) is 5.99. The maximum Gasteiger partial charge on any atom is 0.231 e. The summed E-state index contributed by atoms with van der Waals surface area (Å²) in [4.78, 5) is 2.55. The van der Waals surface area contributed by atoms with Crippen molar-refractivity contribution < 1.29 is 13.9 Å². The van der Waals surface area contributed by atoms with Crippen LogP contribution in [0.3, 0.4) is 0 Å². The fourth-order valence-corrected chi connectivity index (χ4v) is 4.23. The number of rotatable bonds is 6. The predicted octanol–water partition coefficient (Wildman–Crippen LogP) is 4.91. The highest BCUT2D eigenvalue weighted by molar-refractivity contribution is 6.74. The first kappa shape index (κ1) is 19.5. The quantitative estimate of drug-likeness (QED) is 0.661. The van der Waals surface area contributed by atoms with E-state index in [1.165, 1.54) is 12.8 Å². The highest BCUT2D eigenvalue weighted by Crippen LogP contribution is 2.37. The zero-order valence-corrected chi connectivity index (χ0v) is 17.9. The van der Waals surface area contributed by atoms with Crippen molar-refractivity contribution >= 4 is 14.4 Å². The van der Waals surface area contributed by atoms with Gasteiger partial charge in [0.15, 0.2) is 19.8 Å². The Morgan fingerprint density at radius 1 is 1.23 bits per heavy atom. The SMILES string of the molecule is CC(C)(C)[Si](C)(C)OCC1CCCN1C/C=C/c1ccc2c(c1)OCO2. The monoisotopic (exact) mass is 375 g/mol. The Balaban J connectivity index is 1.52. The molecule has 2 aliphatic rings. The average Bonchev–Trinajstić information content (AvgIpc) is 3.20. The lowest BCUT2D eigenvalue weighted by molar-refractivity contribution is 0.173. The van der Waals surface area contributed by atoms with Crippen molar-refractivity contribution in [2.24, 2.45) is 0 Å². The summed E-state index contributed by atoms with van der Waals surface area (Å²) in [5.74, 6) is 1.68. The largest absolute Gasteiger partial charge is 0.454 e. The molecule has 1 fully saturated rings. The number of hydrogen-bond acceptors (Lipinski definition) is 4. The molecule has 0 N–H and O–H groups in total. The highest BCUT2D eigenvalue weighted by Gasteiger charge is 2.38. The van der Waals surface area contributed by atoms with E-state index in [-0.39, 0.29) is 5.04 Å². The lowest BCUT2D eigenvalue weighted by atomic mass is 10.2. The van der Waals surface area contributed by atoms with Gasteiger partial charge in [0, 0.05) is 19.2 Å². The molecule has 2 aliphatic heterocycles. The van der Waals surface area contributed by atoms with Gasteiger partial charge in [-0.3, -0.25) is 4.90 Å². The molecule has 3 rings (SSSR count). The summed E-state index contributed by atoms with van der Waals surface area (Å²) in [6.07, 6.45) is 6.93. The zero-order valence-electron chi connectivity index (χ0n) is 16.9. The van der Waals surface area contributed by atoms with Crippen LogP contribution in [0, 0.1) is 0 Å². The molecule has 0 aliphatic carbocycles. The minimum Gasteiger partial charge on any atom is -0.454 e. The maximum atomic E-state index is 6.47. The van der Waals surface area contributed by atoms with Gasteiger partial charge in [-0.05, 0) is 55.2 Å². The lowest BCUT2D eigenvalue weighted by Crippen LogP contribution is -2.44. The van der Waals surface area contributed by atoms with E-state index >= 15 is 0 Å². The van der Waals surface area contributed by atoms with Crippen LogP contribution in [0.25, 0.3) is 6.08 Å². The molecule has 1 aromatic rings.